The van der Waals surface area contributed by atoms with Crippen LogP contribution in [0, 0.1) is 0 Å². The van der Waals surface area contributed by atoms with E-state index in [0.29, 0.717) is 5.88 Å². The summed E-state index contributed by atoms with van der Waals surface area (Å²) < 4.78 is 21.2. The van der Waals surface area contributed by atoms with Gasteiger partial charge in [0.2, 0.25) is 5.88 Å². The number of ether oxygens (including phenoxy) is 3. The average Bonchev–Trinajstić information content (AvgIpc) is 3.35. The predicted molar refractivity (Wildman–Crippen MR) is 153 cm³/mol. The summed E-state index contributed by atoms with van der Waals surface area (Å²) in [6.45, 7) is 4.38. The van der Waals surface area contributed by atoms with Gasteiger partial charge in [0.05, 0.1) is 24.8 Å². The van der Waals surface area contributed by atoms with Gasteiger partial charge < -0.3 is 19.5 Å². The first kappa shape index (κ1) is 26.3. The van der Waals surface area contributed by atoms with Gasteiger partial charge in [-0.3, -0.25) is 9.48 Å². The van der Waals surface area contributed by atoms with Crippen LogP contribution in [0.2, 0.25) is 0 Å². The summed E-state index contributed by atoms with van der Waals surface area (Å²) in [6.07, 6.45) is 7.68. The van der Waals surface area contributed by atoms with Crippen molar-refractivity contribution in [1.29, 1.82) is 0 Å². The highest BCUT2D eigenvalue weighted by Gasteiger charge is 2.27. The van der Waals surface area contributed by atoms with E-state index in [1.165, 1.54) is 10.7 Å². The normalized spacial score (nSPS) is 19.9. The fourth-order valence-corrected chi connectivity index (χ4v) is 5.60. The predicted octanol–water partition coefficient (Wildman–Crippen LogP) is 4.74. The lowest BCUT2D eigenvalue weighted by Gasteiger charge is -2.29. The fourth-order valence-electron chi connectivity index (χ4n) is 5.60. The van der Waals surface area contributed by atoms with Crippen molar-refractivity contribution in [2.45, 2.75) is 63.7 Å². The Hall–Kier alpha value is -3.92. The Labute approximate surface area is 233 Å². The summed E-state index contributed by atoms with van der Waals surface area (Å²) in [5.41, 5.74) is 2.90. The van der Waals surface area contributed by atoms with Crippen molar-refractivity contribution in [2.24, 2.45) is 7.05 Å². The molecule has 0 atom stereocenters. The number of aryl methyl sites for hydroxylation is 1. The van der Waals surface area contributed by atoms with E-state index in [4.69, 9.17) is 19.3 Å². The minimum atomic E-state index is -0.148. The Kier molecular flexibility index (Phi) is 7.68. The molecule has 1 saturated heterocycles. The molecule has 1 N–H and O–H groups in total. The number of benzene rings is 1. The summed E-state index contributed by atoms with van der Waals surface area (Å²) in [5, 5.41) is 13.8. The summed E-state index contributed by atoms with van der Waals surface area (Å²) in [4.78, 5) is 16.3. The molecule has 6 rings (SSSR count). The standard InChI is InChI=1S/C30H36N6O4/c1-3-31-27-18-26-25(19-32-27)30(20-4-8-22(9-5-20)39-24-14-16-38-17-15-24)34-36(26)21-6-10-23(11-7-21)40-28-12-13-29(37)35(2)33-28/h4-5,8-9,12-13,18-19,21,23-24H,3,6-7,10-11,14-17H2,1-2H3,(H,31,32). The van der Waals surface area contributed by atoms with Crippen molar-refractivity contribution in [3.8, 4) is 22.9 Å². The number of pyridine rings is 1. The van der Waals surface area contributed by atoms with Gasteiger partial charge in [-0.25, -0.2) is 9.67 Å². The molecule has 3 aromatic heterocycles. The Bertz CT molecular complexity index is 1500. The number of hydrogen-bond acceptors (Lipinski definition) is 8. The third-order valence-electron chi connectivity index (χ3n) is 7.76. The highest BCUT2D eigenvalue weighted by atomic mass is 16.5. The minimum Gasteiger partial charge on any atom is -0.490 e. The number of hydrogen-bond donors (Lipinski definition) is 1. The molecular weight excluding hydrogens is 508 g/mol. The van der Waals surface area contributed by atoms with Crippen LogP contribution >= 0.6 is 0 Å². The number of aromatic nitrogens is 5. The van der Waals surface area contributed by atoms with E-state index in [1.807, 2.05) is 18.3 Å². The van der Waals surface area contributed by atoms with Crippen molar-refractivity contribution >= 4 is 16.7 Å². The monoisotopic (exact) mass is 544 g/mol. The van der Waals surface area contributed by atoms with E-state index in [1.54, 1.807) is 13.1 Å². The van der Waals surface area contributed by atoms with Gasteiger partial charge in [-0.1, -0.05) is 0 Å². The highest BCUT2D eigenvalue weighted by Crippen LogP contribution is 2.37. The lowest BCUT2D eigenvalue weighted by Crippen LogP contribution is -2.27. The quantitative estimate of drug-likeness (QED) is 0.339. The third kappa shape index (κ3) is 5.67. The van der Waals surface area contributed by atoms with Gasteiger partial charge in [0.1, 0.15) is 29.5 Å². The zero-order valence-electron chi connectivity index (χ0n) is 23.1. The maximum Gasteiger partial charge on any atom is 0.266 e. The molecule has 0 amide bonds. The van der Waals surface area contributed by atoms with Gasteiger partial charge in [0.25, 0.3) is 5.56 Å². The van der Waals surface area contributed by atoms with Crippen LogP contribution in [0.1, 0.15) is 51.5 Å². The molecule has 2 aliphatic rings. The van der Waals surface area contributed by atoms with Gasteiger partial charge in [-0.15, -0.1) is 5.10 Å². The van der Waals surface area contributed by atoms with Gasteiger partial charge in [0, 0.05) is 61.8 Å². The number of nitrogens with zero attached hydrogens (tertiary/aromatic N) is 5. The molecule has 40 heavy (non-hydrogen) atoms. The second-order valence-corrected chi connectivity index (χ2v) is 10.5. The summed E-state index contributed by atoms with van der Waals surface area (Å²) in [7, 11) is 1.63. The zero-order chi connectivity index (χ0) is 27.5. The molecule has 1 aliphatic heterocycles. The summed E-state index contributed by atoms with van der Waals surface area (Å²) in [6, 6.07) is 13.7. The van der Waals surface area contributed by atoms with Crippen LogP contribution in [-0.4, -0.2) is 56.5 Å². The van der Waals surface area contributed by atoms with Crippen molar-refractivity contribution in [3.63, 3.8) is 0 Å². The SMILES string of the molecule is CCNc1cc2c(cn1)c(-c1ccc(OC3CCOCC3)cc1)nn2C1CCC(Oc2ccc(=O)n(C)n2)CC1. The van der Waals surface area contributed by atoms with Crippen LogP contribution in [0.4, 0.5) is 5.82 Å². The van der Waals surface area contributed by atoms with Crippen LogP contribution in [0.5, 0.6) is 11.6 Å². The second kappa shape index (κ2) is 11.7. The first-order chi connectivity index (χ1) is 19.6. The zero-order valence-corrected chi connectivity index (χ0v) is 23.1. The molecular formula is C30H36N6O4. The summed E-state index contributed by atoms with van der Waals surface area (Å²) >= 11 is 0. The molecule has 0 bridgehead atoms. The Morgan fingerprint density at radius 3 is 2.42 bits per heavy atom. The molecule has 4 heterocycles. The van der Waals surface area contributed by atoms with Gasteiger partial charge in [-0.05, 0) is 56.9 Å². The lowest BCUT2D eigenvalue weighted by molar-refractivity contribution is 0.0256. The van der Waals surface area contributed by atoms with E-state index in [9.17, 15) is 4.79 Å². The van der Waals surface area contributed by atoms with E-state index < -0.39 is 0 Å². The lowest BCUT2D eigenvalue weighted by atomic mass is 9.93. The second-order valence-electron chi connectivity index (χ2n) is 10.5. The van der Waals surface area contributed by atoms with E-state index in [-0.39, 0.29) is 23.8 Å². The molecule has 2 fully saturated rings. The third-order valence-corrected chi connectivity index (χ3v) is 7.76. The van der Waals surface area contributed by atoms with Crippen molar-refractivity contribution < 1.29 is 14.2 Å². The van der Waals surface area contributed by atoms with Gasteiger partial charge >= 0.3 is 0 Å². The Morgan fingerprint density at radius 1 is 0.950 bits per heavy atom. The van der Waals surface area contributed by atoms with E-state index >= 15 is 0 Å². The number of nitrogens with one attached hydrogen (secondary N) is 1. The molecule has 10 heteroatoms. The summed E-state index contributed by atoms with van der Waals surface area (Å²) in [5.74, 6) is 2.21. The molecule has 0 spiro atoms. The fraction of sp³-hybridized carbons (Fsp3) is 0.467. The molecule has 210 valence electrons. The van der Waals surface area contributed by atoms with Gasteiger partial charge in [0.15, 0.2) is 0 Å². The molecule has 0 radical (unpaired) electrons. The van der Waals surface area contributed by atoms with E-state index in [0.717, 1.165) is 92.0 Å². The number of rotatable bonds is 8. The first-order valence-electron chi connectivity index (χ1n) is 14.3. The van der Waals surface area contributed by atoms with Crippen LogP contribution < -0.4 is 20.3 Å². The number of fused-ring (bicyclic) bond motifs is 1. The van der Waals surface area contributed by atoms with Crippen LogP contribution in [0.25, 0.3) is 22.2 Å². The Morgan fingerprint density at radius 2 is 1.70 bits per heavy atom. The van der Waals surface area contributed by atoms with Crippen LogP contribution in [-0.2, 0) is 11.8 Å². The maximum atomic E-state index is 11.7. The molecule has 1 aliphatic carbocycles. The van der Waals surface area contributed by atoms with Crippen molar-refractivity contribution in [1.82, 2.24) is 24.5 Å². The average molecular weight is 545 g/mol. The minimum absolute atomic E-state index is 0.0600. The van der Waals surface area contributed by atoms with Gasteiger partial charge in [-0.2, -0.15) is 5.10 Å². The molecule has 1 aromatic carbocycles. The molecule has 0 unspecified atom stereocenters. The van der Waals surface area contributed by atoms with E-state index in [2.05, 4.69) is 45.2 Å². The largest absolute Gasteiger partial charge is 0.490 e. The van der Waals surface area contributed by atoms with Crippen molar-refractivity contribution in [2.75, 3.05) is 25.1 Å². The number of anilines is 1. The molecule has 10 nitrogen and oxygen atoms in total. The van der Waals surface area contributed by atoms with Crippen LogP contribution in [0.3, 0.4) is 0 Å². The highest BCUT2D eigenvalue weighted by molar-refractivity contribution is 5.94. The first-order valence-corrected chi connectivity index (χ1v) is 14.3. The maximum absolute atomic E-state index is 11.7. The Balaban J connectivity index is 1.22. The smallest absolute Gasteiger partial charge is 0.266 e. The van der Waals surface area contributed by atoms with Crippen molar-refractivity contribution in [3.05, 3.63) is 59.0 Å². The molecule has 1 saturated carbocycles. The molecule has 4 aromatic rings. The van der Waals surface area contributed by atoms with Crippen LogP contribution in [0.15, 0.2) is 53.5 Å². The topological polar surface area (TPSA) is 105 Å².